The molecule has 0 amide bonds. The number of rotatable bonds is 6. The molecule has 3 aromatic heterocycles. The van der Waals surface area contributed by atoms with Crippen LogP contribution in [0.5, 0.6) is 0 Å². The number of hydrogen-bond acceptors (Lipinski definition) is 9. The van der Waals surface area contributed by atoms with Crippen LogP contribution in [0, 0.1) is 0 Å². The zero-order valence-electron chi connectivity index (χ0n) is 19.0. The van der Waals surface area contributed by atoms with Gasteiger partial charge in [-0.2, -0.15) is 0 Å². The first kappa shape index (κ1) is 21.9. The zero-order chi connectivity index (χ0) is 22.8. The molecule has 9 nitrogen and oxygen atoms in total. The van der Waals surface area contributed by atoms with E-state index in [2.05, 4.69) is 26.2 Å². The van der Waals surface area contributed by atoms with Crippen molar-refractivity contribution in [2.45, 2.75) is 45.3 Å². The van der Waals surface area contributed by atoms with Crippen LogP contribution >= 0.6 is 0 Å². The summed E-state index contributed by atoms with van der Waals surface area (Å²) in [6, 6.07) is 5.91. The molecule has 0 aliphatic carbocycles. The number of aliphatic hydroxyl groups is 2. The van der Waals surface area contributed by atoms with Crippen molar-refractivity contribution in [1.82, 2.24) is 24.8 Å². The number of nitrogens with one attached hydrogen (secondary N) is 1. The number of aliphatic hydroxyl groups excluding tert-OH is 2. The molecular formula is C24H31N7O2. The van der Waals surface area contributed by atoms with Crippen LogP contribution in [0.15, 0.2) is 24.4 Å². The van der Waals surface area contributed by atoms with Crippen LogP contribution in [0.1, 0.15) is 49.2 Å². The van der Waals surface area contributed by atoms with Crippen LogP contribution in [0.3, 0.4) is 0 Å². The van der Waals surface area contributed by atoms with E-state index in [1.165, 1.54) is 12.0 Å². The third-order valence-corrected chi connectivity index (χ3v) is 6.43. The Morgan fingerprint density at radius 2 is 1.94 bits per heavy atom. The van der Waals surface area contributed by atoms with Crippen molar-refractivity contribution < 1.29 is 10.2 Å². The van der Waals surface area contributed by atoms with E-state index in [1.54, 1.807) is 13.1 Å². The molecular weight excluding hydrogens is 418 g/mol. The van der Waals surface area contributed by atoms with Crippen molar-refractivity contribution in [3.05, 3.63) is 41.3 Å². The van der Waals surface area contributed by atoms with E-state index < -0.39 is 6.10 Å². The molecule has 2 aliphatic rings. The molecule has 1 saturated heterocycles. The van der Waals surface area contributed by atoms with E-state index in [0.717, 1.165) is 73.7 Å². The van der Waals surface area contributed by atoms with Gasteiger partial charge in [0.2, 0.25) is 5.95 Å². The maximum absolute atomic E-state index is 10.1. The summed E-state index contributed by atoms with van der Waals surface area (Å²) in [4.78, 5) is 23.4. The predicted molar refractivity (Wildman–Crippen MR) is 128 cm³/mol. The quantitative estimate of drug-likeness (QED) is 0.523. The van der Waals surface area contributed by atoms with E-state index >= 15 is 0 Å². The van der Waals surface area contributed by atoms with Crippen molar-refractivity contribution in [2.24, 2.45) is 0 Å². The molecule has 9 heteroatoms. The summed E-state index contributed by atoms with van der Waals surface area (Å²) >= 11 is 0. The number of fused-ring (bicyclic) bond motifs is 2. The van der Waals surface area contributed by atoms with Gasteiger partial charge in [0.05, 0.1) is 18.4 Å². The minimum absolute atomic E-state index is 0.175. The average molecular weight is 450 g/mol. The molecule has 3 aromatic rings. The van der Waals surface area contributed by atoms with E-state index in [1.807, 2.05) is 12.1 Å². The van der Waals surface area contributed by atoms with Gasteiger partial charge < -0.3 is 20.4 Å². The Labute approximate surface area is 193 Å². The van der Waals surface area contributed by atoms with Gasteiger partial charge in [0, 0.05) is 56.4 Å². The second-order valence-corrected chi connectivity index (χ2v) is 8.90. The Hall–Kier alpha value is -2.88. The SMILES string of the molecule is CC(O)c1cc2cnc(Nc3ccc4c(n3)CCN(CCO)C4)nc2c(N2CCCCC2)n1. The van der Waals surface area contributed by atoms with Gasteiger partial charge in [0.25, 0.3) is 0 Å². The molecule has 3 N–H and O–H groups in total. The number of aromatic nitrogens is 4. The number of nitrogens with zero attached hydrogens (tertiary/aromatic N) is 6. The van der Waals surface area contributed by atoms with E-state index in [-0.39, 0.29) is 6.61 Å². The first-order valence-electron chi connectivity index (χ1n) is 11.8. The second kappa shape index (κ2) is 9.54. The molecule has 174 valence electrons. The minimum atomic E-state index is -0.649. The Kier molecular flexibility index (Phi) is 6.34. The molecule has 1 atom stereocenters. The summed E-state index contributed by atoms with van der Waals surface area (Å²) in [7, 11) is 0. The van der Waals surface area contributed by atoms with Gasteiger partial charge in [-0.25, -0.2) is 19.9 Å². The molecule has 1 fully saturated rings. The fraction of sp³-hybridized carbons (Fsp3) is 0.500. The third kappa shape index (κ3) is 4.75. The molecule has 33 heavy (non-hydrogen) atoms. The molecule has 2 aliphatic heterocycles. The predicted octanol–water partition coefficient (Wildman–Crippen LogP) is 2.56. The number of piperidine rings is 1. The number of anilines is 3. The molecule has 0 radical (unpaired) electrons. The van der Waals surface area contributed by atoms with Gasteiger partial charge >= 0.3 is 0 Å². The lowest BCUT2D eigenvalue weighted by molar-refractivity contribution is 0.183. The van der Waals surface area contributed by atoms with Crippen LogP contribution < -0.4 is 10.2 Å². The molecule has 0 bridgehead atoms. The Balaban J connectivity index is 1.44. The summed E-state index contributed by atoms with van der Waals surface area (Å²) in [5.74, 6) is 2.02. The maximum Gasteiger partial charge on any atom is 0.229 e. The zero-order valence-corrected chi connectivity index (χ0v) is 19.0. The number of β-amino-alcohol motifs (C(OH)–C–C–N with tert-alkyl or cyclic N) is 1. The highest BCUT2D eigenvalue weighted by Gasteiger charge is 2.20. The highest BCUT2D eigenvalue weighted by atomic mass is 16.3. The molecule has 0 aromatic carbocycles. The van der Waals surface area contributed by atoms with E-state index in [4.69, 9.17) is 15.0 Å². The second-order valence-electron chi connectivity index (χ2n) is 8.90. The van der Waals surface area contributed by atoms with Crippen molar-refractivity contribution in [3.63, 3.8) is 0 Å². The smallest absolute Gasteiger partial charge is 0.229 e. The Morgan fingerprint density at radius 3 is 2.73 bits per heavy atom. The average Bonchev–Trinajstić information content (AvgIpc) is 2.84. The number of pyridine rings is 2. The first-order valence-corrected chi connectivity index (χ1v) is 11.8. The van der Waals surface area contributed by atoms with Crippen LogP contribution in [-0.2, 0) is 13.0 Å². The molecule has 0 spiro atoms. The lowest BCUT2D eigenvalue weighted by atomic mass is 10.1. The van der Waals surface area contributed by atoms with Crippen molar-refractivity contribution in [2.75, 3.05) is 43.0 Å². The van der Waals surface area contributed by atoms with Crippen LogP contribution in [0.2, 0.25) is 0 Å². The van der Waals surface area contributed by atoms with Crippen molar-refractivity contribution >= 4 is 28.5 Å². The lowest BCUT2D eigenvalue weighted by Gasteiger charge is -2.29. The molecule has 0 saturated carbocycles. The van der Waals surface area contributed by atoms with Crippen LogP contribution in [-0.4, -0.2) is 67.8 Å². The molecule has 5 rings (SSSR count). The summed E-state index contributed by atoms with van der Waals surface area (Å²) in [6.45, 7) is 6.19. The highest BCUT2D eigenvalue weighted by Crippen LogP contribution is 2.29. The standard InChI is InChI=1S/C24H31N7O2/c1-16(33)20-13-18-14-25-24(29-22(18)23(27-20)31-8-3-2-4-9-31)28-21-6-5-17-15-30(11-12-32)10-7-19(17)26-21/h5-6,13-14,16,32-33H,2-4,7-12,15H2,1H3,(H,25,26,28,29). The van der Waals surface area contributed by atoms with Gasteiger partial charge in [-0.3, -0.25) is 4.90 Å². The fourth-order valence-corrected chi connectivity index (χ4v) is 4.63. The van der Waals surface area contributed by atoms with Gasteiger partial charge in [0.1, 0.15) is 11.3 Å². The summed E-state index contributed by atoms with van der Waals surface area (Å²) in [5.41, 5.74) is 3.70. The normalized spacial score (nSPS) is 17.7. The van der Waals surface area contributed by atoms with Gasteiger partial charge in [-0.15, -0.1) is 0 Å². The van der Waals surface area contributed by atoms with Crippen molar-refractivity contribution in [1.29, 1.82) is 0 Å². The summed E-state index contributed by atoms with van der Waals surface area (Å²) < 4.78 is 0. The van der Waals surface area contributed by atoms with Crippen molar-refractivity contribution in [3.8, 4) is 0 Å². The highest BCUT2D eigenvalue weighted by molar-refractivity contribution is 5.89. The Bertz CT molecular complexity index is 1130. The topological polar surface area (TPSA) is 111 Å². The van der Waals surface area contributed by atoms with E-state index in [0.29, 0.717) is 18.2 Å². The molecule has 5 heterocycles. The number of hydrogen-bond donors (Lipinski definition) is 3. The monoisotopic (exact) mass is 449 g/mol. The largest absolute Gasteiger partial charge is 0.395 e. The molecule has 1 unspecified atom stereocenters. The summed E-state index contributed by atoms with van der Waals surface area (Å²) in [5, 5.41) is 23.5. The van der Waals surface area contributed by atoms with Crippen LogP contribution in [0.4, 0.5) is 17.6 Å². The Morgan fingerprint density at radius 1 is 1.09 bits per heavy atom. The van der Waals surface area contributed by atoms with Crippen LogP contribution in [0.25, 0.3) is 10.9 Å². The van der Waals surface area contributed by atoms with E-state index in [9.17, 15) is 10.2 Å². The lowest BCUT2D eigenvalue weighted by Crippen LogP contribution is -2.33. The van der Waals surface area contributed by atoms with Gasteiger partial charge in [0.15, 0.2) is 5.82 Å². The fourth-order valence-electron chi connectivity index (χ4n) is 4.63. The maximum atomic E-state index is 10.1. The minimum Gasteiger partial charge on any atom is -0.395 e. The third-order valence-electron chi connectivity index (χ3n) is 6.43. The van der Waals surface area contributed by atoms with Gasteiger partial charge in [-0.05, 0) is 43.9 Å². The van der Waals surface area contributed by atoms with Gasteiger partial charge in [-0.1, -0.05) is 6.07 Å². The first-order chi connectivity index (χ1) is 16.1. The summed E-state index contributed by atoms with van der Waals surface area (Å²) in [6.07, 6.45) is 5.49.